The number of anilines is 1. The van der Waals surface area contributed by atoms with E-state index in [1.54, 1.807) is 4.90 Å². The van der Waals surface area contributed by atoms with E-state index in [2.05, 4.69) is 10.5 Å². The number of aliphatic hydroxyl groups is 1. The number of para-hydroxylation sites is 1. The third-order valence-corrected chi connectivity index (χ3v) is 5.94. The summed E-state index contributed by atoms with van der Waals surface area (Å²) in [5.74, 6) is 0.733. The van der Waals surface area contributed by atoms with Gasteiger partial charge in [-0.1, -0.05) is 37.2 Å². The Morgan fingerprint density at radius 1 is 1.29 bits per heavy atom. The molecule has 2 aliphatic heterocycles. The Morgan fingerprint density at radius 3 is 2.61 bits per heavy atom. The molecule has 0 unspecified atom stereocenters. The lowest BCUT2D eigenvalue weighted by molar-refractivity contribution is -0.134. The second kappa shape index (κ2) is 8.00. The van der Waals surface area contributed by atoms with E-state index in [1.807, 2.05) is 76.0 Å². The van der Waals surface area contributed by atoms with Gasteiger partial charge in [-0.2, -0.15) is 5.10 Å². The van der Waals surface area contributed by atoms with Gasteiger partial charge in [-0.3, -0.25) is 4.79 Å². The number of carbonyl (C=O) groups excluding carboxylic acids is 1. The summed E-state index contributed by atoms with van der Waals surface area (Å²) in [5, 5.41) is 24.7. The molecule has 2 aromatic rings. The number of amidine groups is 1. The van der Waals surface area contributed by atoms with Gasteiger partial charge in [-0.25, -0.2) is 5.01 Å². The third-order valence-electron chi connectivity index (χ3n) is 5.94. The average Bonchev–Trinajstić information content (AvgIpc) is 3.39. The molecule has 8 heteroatoms. The lowest BCUT2D eigenvalue weighted by Crippen LogP contribution is -2.53. The van der Waals surface area contributed by atoms with Crippen molar-refractivity contribution in [2.24, 2.45) is 11.0 Å². The zero-order valence-corrected chi connectivity index (χ0v) is 18.7. The summed E-state index contributed by atoms with van der Waals surface area (Å²) in [6.07, 6.45) is -0.159. The number of β-amino-alcohol motifs (C(OH)–C–C–N with tert-alkyl or cyclic N) is 1. The maximum absolute atomic E-state index is 13.7. The van der Waals surface area contributed by atoms with Gasteiger partial charge in [0.2, 0.25) is 5.91 Å². The molecule has 4 rings (SSSR count). The van der Waals surface area contributed by atoms with E-state index in [1.165, 1.54) is 0 Å². The zero-order chi connectivity index (χ0) is 22.3. The van der Waals surface area contributed by atoms with Crippen molar-refractivity contribution in [1.29, 1.82) is 0 Å². The standard InChI is InChI=1S/C23H31N5O3/c1-14(2)20(19-11-15(3)26-31-19)22(30)27-13-17(29)12-18(27)21-24-23(4,5)28(25-21)16-9-7-6-8-10-16/h6-11,14,17-18,20,29H,12-13H2,1-5H3,(H,24,25)/t17-,18+,20+/m1/s1. The second-order valence-corrected chi connectivity index (χ2v) is 9.30. The molecule has 1 aromatic heterocycles. The predicted molar refractivity (Wildman–Crippen MR) is 119 cm³/mol. The number of hydrogen-bond donors (Lipinski definition) is 2. The van der Waals surface area contributed by atoms with Crippen LogP contribution < -0.4 is 10.3 Å². The second-order valence-electron chi connectivity index (χ2n) is 9.30. The quantitative estimate of drug-likeness (QED) is 0.765. The lowest BCUT2D eigenvalue weighted by Gasteiger charge is -2.32. The highest BCUT2D eigenvalue weighted by molar-refractivity contribution is 5.96. The Labute approximate surface area is 182 Å². The van der Waals surface area contributed by atoms with Crippen molar-refractivity contribution >= 4 is 17.4 Å². The molecule has 0 aliphatic carbocycles. The van der Waals surface area contributed by atoms with Crippen LogP contribution in [-0.4, -0.2) is 51.3 Å². The number of hydrazone groups is 1. The maximum atomic E-state index is 13.7. The molecule has 2 aliphatic rings. The molecular weight excluding hydrogens is 394 g/mol. The fourth-order valence-corrected chi connectivity index (χ4v) is 4.48. The molecule has 31 heavy (non-hydrogen) atoms. The number of amides is 1. The Hall–Kier alpha value is -2.87. The van der Waals surface area contributed by atoms with Crippen molar-refractivity contribution in [2.75, 3.05) is 11.6 Å². The largest absolute Gasteiger partial charge is 0.391 e. The van der Waals surface area contributed by atoms with Gasteiger partial charge in [0.1, 0.15) is 23.2 Å². The minimum atomic E-state index is -0.600. The van der Waals surface area contributed by atoms with Crippen LogP contribution in [0.4, 0.5) is 5.69 Å². The lowest BCUT2D eigenvalue weighted by atomic mass is 9.91. The number of hydrogen-bond acceptors (Lipinski definition) is 7. The molecule has 0 saturated carbocycles. The van der Waals surface area contributed by atoms with E-state index in [-0.39, 0.29) is 24.4 Å². The molecule has 3 atom stereocenters. The zero-order valence-electron chi connectivity index (χ0n) is 18.7. The van der Waals surface area contributed by atoms with Crippen LogP contribution in [-0.2, 0) is 4.79 Å². The monoisotopic (exact) mass is 425 g/mol. The maximum Gasteiger partial charge on any atom is 0.234 e. The number of carbonyl (C=O) groups is 1. The van der Waals surface area contributed by atoms with Gasteiger partial charge in [0, 0.05) is 19.0 Å². The average molecular weight is 426 g/mol. The van der Waals surface area contributed by atoms with E-state index in [0.717, 1.165) is 11.4 Å². The number of nitrogens with zero attached hydrogens (tertiary/aromatic N) is 4. The van der Waals surface area contributed by atoms with Crippen molar-refractivity contribution in [3.63, 3.8) is 0 Å². The summed E-state index contributed by atoms with van der Waals surface area (Å²) in [5.41, 5.74) is 1.25. The number of likely N-dealkylation sites (tertiary alicyclic amines) is 1. The van der Waals surface area contributed by atoms with Crippen molar-refractivity contribution in [2.45, 2.75) is 64.8 Å². The number of nitrogens with one attached hydrogen (secondary N) is 1. The number of rotatable bonds is 5. The smallest absolute Gasteiger partial charge is 0.234 e. The highest BCUT2D eigenvalue weighted by atomic mass is 16.5. The molecule has 3 heterocycles. The Kier molecular flexibility index (Phi) is 5.51. The molecule has 1 fully saturated rings. The van der Waals surface area contributed by atoms with Gasteiger partial charge in [-0.05, 0) is 38.8 Å². The molecule has 2 N–H and O–H groups in total. The molecule has 0 spiro atoms. The predicted octanol–water partition coefficient (Wildman–Crippen LogP) is 2.84. The van der Waals surface area contributed by atoms with Gasteiger partial charge < -0.3 is 19.8 Å². The van der Waals surface area contributed by atoms with Crippen molar-refractivity contribution in [3.05, 3.63) is 47.9 Å². The first-order chi connectivity index (χ1) is 14.7. The number of aliphatic hydroxyl groups excluding tert-OH is 1. The summed E-state index contributed by atoms with van der Waals surface area (Å²) < 4.78 is 5.45. The topological polar surface area (TPSA) is 94.2 Å². The number of benzene rings is 1. The van der Waals surface area contributed by atoms with Crippen LogP contribution in [0.2, 0.25) is 0 Å². The van der Waals surface area contributed by atoms with Crippen LogP contribution in [0, 0.1) is 12.8 Å². The molecule has 1 amide bonds. The van der Waals surface area contributed by atoms with Gasteiger partial charge in [0.25, 0.3) is 0 Å². The van der Waals surface area contributed by atoms with Gasteiger partial charge in [0.15, 0.2) is 0 Å². The first kappa shape index (κ1) is 21.4. The summed E-state index contributed by atoms with van der Waals surface area (Å²) in [6, 6.07) is 11.4. The summed E-state index contributed by atoms with van der Waals surface area (Å²) in [7, 11) is 0. The summed E-state index contributed by atoms with van der Waals surface area (Å²) in [4.78, 5) is 15.4. The van der Waals surface area contributed by atoms with Crippen LogP contribution in [0.15, 0.2) is 46.0 Å². The molecule has 8 nitrogen and oxygen atoms in total. The first-order valence-corrected chi connectivity index (χ1v) is 10.8. The molecule has 0 radical (unpaired) electrons. The first-order valence-electron chi connectivity index (χ1n) is 10.8. The van der Waals surface area contributed by atoms with Crippen molar-refractivity contribution < 1.29 is 14.4 Å². The van der Waals surface area contributed by atoms with Crippen molar-refractivity contribution in [3.8, 4) is 0 Å². The van der Waals surface area contributed by atoms with Crippen molar-refractivity contribution in [1.82, 2.24) is 15.4 Å². The number of aromatic nitrogens is 1. The Balaban J connectivity index is 1.64. The van der Waals surface area contributed by atoms with Crippen LogP contribution in [0.5, 0.6) is 0 Å². The van der Waals surface area contributed by atoms with E-state index < -0.39 is 17.7 Å². The molecule has 1 saturated heterocycles. The fourth-order valence-electron chi connectivity index (χ4n) is 4.48. The van der Waals surface area contributed by atoms with Crippen LogP contribution in [0.25, 0.3) is 0 Å². The summed E-state index contributed by atoms with van der Waals surface area (Å²) >= 11 is 0. The van der Waals surface area contributed by atoms with Crippen LogP contribution in [0.3, 0.4) is 0 Å². The molecular formula is C23H31N5O3. The molecule has 166 valence electrons. The van der Waals surface area contributed by atoms with E-state index in [0.29, 0.717) is 18.0 Å². The molecule has 0 bridgehead atoms. The third kappa shape index (κ3) is 4.04. The SMILES string of the molecule is Cc1cc([C@@H](C(=O)N2C[C@H](O)C[C@H]2C2=NN(c3ccccc3)C(C)(C)N2)C(C)C)on1. The van der Waals surface area contributed by atoms with E-state index in [9.17, 15) is 9.90 Å². The van der Waals surface area contributed by atoms with Crippen LogP contribution >= 0.6 is 0 Å². The van der Waals surface area contributed by atoms with E-state index in [4.69, 9.17) is 9.62 Å². The van der Waals surface area contributed by atoms with Gasteiger partial charge in [0.05, 0.1) is 23.5 Å². The summed E-state index contributed by atoms with van der Waals surface area (Å²) in [6.45, 7) is 10.2. The normalized spacial score (nSPS) is 23.8. The van der Waals surface area contributed by atoms with Gasteiger partial charge >= 0.3 is 0 Å². The Bertz CT molecular complexity index is 969. The minimum Gasteiger partial charge on any atom is -0.391 e. The molecule has 1 aromatic carbocycles. The van der Waals surface area contributed by atoms with Crippen LogP contribution in [0.1, 0.15) is 51.5 Å². The minimum absolute atomic E-state index is 0.0222. The van der Waals surface area contributed by atoms with E-state index >= 15 is 0 Å². The van der Waals surface area contributed by atoms with Gasteiger partial charge in [-0.15, -0.1) is 0 Å². The Morgan fingerprint density at radius 2 is 2.00 bits per heavy atom. The number of aryl methyl sites for hydroxylation is 1. The highest BCUT2D eigenvalue weighted by Gasteiger charge is 2.46. The highest BCUT2D eigenvalue weighted by Crippen LogP contribution is 2.33. The fraction of sp³-hybridized carbons (Fsp3) is 0.522.